The van der Waals surface area contributed by atoms with Crippen LogP contribution >= 0.6 is 12.2 Å². The Bertz CT molecular complexity index is 159. The molecule has 1 fully saturated rings. The topological polar surface area (TPSA) is 29.3 Å². The molecule has 0 aromatic heterocycles. The van der Waals surface area contributed by atoms with Gasteiger partial charge in [-0.2, -0.15) is 0 Å². The molecule has 0 aromatic rings. The van der Waals surface area contributed by atoms with Gasteiger partial charge in [0.15, 0.2) is 0 Å². The Morgan fingerprint density at radius 3 is 2.92 bits per heavy atom. The highest BCUT2D eigenvalue weighted by Gasteiger charge is 2.20. The minimum absolute atomic E-state index is 0.635. The molecule has 0 aromatic carbocycles. The van der Waals surface area contributed by atoms with Gasteiger partial charge in [-0.25, -0.2) is 0 Å². The van der Waals surface area contributed by atoms with Gasteiger partial charge in [-0.15, -0.1) is 0 Å². The van der Waals surface area contributed by atoms with Gasteiger partial charge in [-0.3, -0.25) is 4.90 Å². The van der Waals surface area contributed by atoms with Crippen molar-refractivity contribution in [2.75, 3.05) is 13.1 Å². The van der Waals surface area contributed by atoms with Crippen molar-refractivity contribution in [2.45, 2.75) is 38.6 Å². The van der Waals surface area contributed by atoms with Crippen LogP contribution in [-0.2, 0) is 0 Å². The molecule has 1 aliphatic heterocycles. The summed E-state index contributed by atoms with van der Waals surface area (Å²) >= 11 is 4.91. The van der Waals surface area contributed by atoms with Crippen LogP contribution in [-0.4, -0.2) is 29.0 Å². The van der Waals surface area contributed by atoms with E-state index in [1.165, 1.54) is 32.2 Å². The highest BCUT2D eigenvalue weighted by Crippen LogP contribution is 2.18. The van der Waals surface area contributed by atoms with Crippen LogP contribution in [0.25, 0.3) is 0 Å². The smallest absolute Gasteiger partial charge is 0.0870 e. The second-order valence-electron chi connectivity index (χ2n) is 3.49. The predicted octanol–water partition coefficient (Wildman–Crippen LogP) is 1.54. The molecular formula is C9H18N2S. The lowest BCUT2D eigenvalue weighted by Crippen LogP contribution is -2.43. The van der Waals surface area contributed by atoms with Crippen LogP contribution in [0, 0.1) is 0 Å². The van der Waals surface area contributed by atoms with Crippen LogP contribution in [0.2, 0.25) is 0 Å². The molecule has 0 radical (unpaired) electrons. The van der Waals surface area contributed by atoms with Crippen molar-refractivity contribution in [2.24, 2.45) is 5.73 Å². The average Bonchev–Trinajstić information content (AvgIpc) is 2.04. The first-order chi connectivity index (χ1) is 5.74. The molecular weight excluding hydrogens is 168 g/mol. The molecule has 1 rings (SSSR count). The number of thiocarbonyl (C=S) groups is 1. The zero-order valence-electron chi connectivity index (χ0n) is 7.75. The lowest BCUT2D eigenvalue weighted by atomic mass is 10.0. The molecule has 1 unspecified atom stereocenters. The predicted molar refractivity (Wildman–Crippen MR) is 56.3 cm³/mol. The van der Waals surface area contributed by atoms with Crippen molar-refractivity contribution in [3.8, 4) is 0 Å². The second kappa shape index (κ2) is 4.77. The van der Waals surface area contributed by atoms with E-state index in [0.29, 0.717) is 4.99 Å². The van der Waals surface area contributed by atoms with Crippen LogP contribution in [0.15, 0.2) is 0 Å². The molecule has 2 N–H and O–H groups in total. The summed E-state index contributed by atoms with van der Waals surface area (Å²) in [7, 11) is 0. The SMILES string of the molecule is CCC1CCCCN1CC(N)=S. The maximum atomic E-state index is 5.53. The van der Waals surface area contributed by atoms with E-state index in [1.807, 2.05) is 0 Å². The number of likely N-dealkylation sites (tertiary alicyclic amines) is 1. The third-order valence-corrected chi connectivity index (χ3v) is 2.71. The summed E-state index contributed by atoms with van der Waals surface area (Å²) in [5.41, 5.74) is 5.53. The zero-order valence-corrected chi connectivity index (χ0v) is 8.57. The minimum atomic E-state index is 0.635. The number of hydrogen-bond donors (Lipinski definition) is 1. The number of nitrogens with zero attached hydrogens (tertiary/aromatic N) is 1. The van der Waals surface area contributed by atoms with Gasteiger partial charge in [0.2, 0.25) is 0 Å². The molecule has 1 heterocycles. The van der Waals surface area contributed by atoms with Gasteiger partial charge in [-0.05, 0) is 25.8 Å². The summed E-state index contributed by atoms with van der Waals surface area (Å²) in [4.78, 5) is 3.06. The van der Waals surface area contributed by atoms with Crippen molar-refractivity contribution in [1.82, 2.24) is 4.90 Å². The van der Waals surface area contributed by atoms with Crippen LogP contribution in [0.1, 0.15) is 32.6 Å². The first-order valence-electron chi connectivity index (χ1n) is 4.76. The van der Waals surface area contributed by atoms with Gasteiger partial charge < -0.3 is 5.73 Å². The van der Waals surface area contributed by atoms with Gasteiger partial charge in [0.1, 0.15) is 0 Å². The number of rotatable bonds is 3. The molecule has 1 saturated heterocycles. The third-order valence-electron chi connectivity index (χ3n) is 2.58. The normalized spacial score (nSPS) is 25.6. The standard InChI is InChI=1S/C9H18N2S/c1-2-8-5-3-4-6-11(8)7-9(10)12/h8H,2-7H2,1H3,(H2,10,12). The number of nitrogens with two attached hydrogens (primary N) is 1. The fourth-order valence-electron chi connectivity index (χ4n) is 1.93. The molecule has 70 valence electrons. The van der Waals surface area contributed by atoms with Gasteiger partial charge >= 0.3 is 0 Å². The summed E-state index contributed by atoms with van der Waals surface area (Å²) in [6, 6.07) is 0.722. The number of hydrogen-bond acceptors (Lipinski definition) is 2. The maximum Gasteiger partial charge on any atom is 0.0870 e. The van der Waals surface area contributed by atoms with Crippen LogP contribution < -0.4 is 5.73 Å². The van der Waals surface area contributed by atoms with E-state index in [2.05, 4.69) is 11.8 Å². The van der Waals surface area contributed by atoms with Gasteiger partial charge in [0, 0.05) is 12.6 Å². The van der Waals surface area contributed by atoms with E-state index in [0.717, 1.165) is 12.6 Å². The molecule has 0 saturated carbocycles. The summed E-state index contributed by atoms with van der Waals surface area (Å²) in [5, 5.41) is 0. The summed E-state index contributed by atoms with van der Waals surface area (Å²) in [6.07, 6.45) is 5.22. The summed E-state index contributed by atoms with van der Waals surface area (Å²) < 4.78 is 0. The fourth-order valence-corrected chi connectivity index (χ4v) is 2.10. The highest BCUT2D eigenvalue weighted by molar-refractivity contribution is 7.80. The van der Waals surface area contributed by atoms with Crippen LogP contribution in [0.5, 0.6) is 0 Å². The summed E-state index contributed by atoms with van der Waals surface area (Å²) in [6.45, 7) is 4.23. The lowest BCUT2D eigenvalue weighted by Gasteiger charge is -2.34. The third kappa shape index (κ3) is 2.72. The molecule has 3 heteroatoms. The van der Waals surface area contributed by atoms with Crippen LogP contribution in [0.4, 0.5) is 0 Å². The molecule has 0 spiro atoms. The quantitative estimate of drug-likeness (QED) is 0.678. The Kier molecular flexibility index (Phi) is 3.95. The summed E-state index contributed by atoms with van der Waals surface area (Å²) in [5.74, 6) is 0. The highest BCUT2D eigenvalue weighted by atomic mass is 32.1. The van der Waals surface area contributed by atoms with Crippen molar-refractivity contribution in [1.29, 1.82) is 0 Å². The Morgan fingerprint density at radius 2 is 2.33 bits per heavy atom. The minimum Gasteiger partial charge on any atom is -0.392 e. The first kappa shape index (κ1) is 9.93. The molecule has 1 atom stereocenters. The lowest BCUT2D eigenvalue weighted by molar-refractivity contribution is 0.166. The van der Waals surface area contributed by atoms with E-state index >= 15 is 0 Å². The molecule has 2 nitrogen and oxygen atoms in total. The van der Waals surface area contributed by atoms with Crippen LogP contribution in [0.3, 0.4) is 0 Å². The van der Waals surface area contributed by atoms with E-state index in [9.17, 15) is 0 Å². The Hall–Kier alpha value is -0.150. The maximum absolute atomic E-state index is 5.53. The van der Waals surface area contributed by atoms with Crippen molar-refractivity contribution < 1.29 is 0 Å². The van der Waals surface area contributed by atoms with Crippen molar-refractivity contribution in [3.63, 3.8) is 0 Å². The largest absolute Gasteiger partial charge is 0.392 e. The molecule has 12 heavy (non-hydrogen) atoms. The monoisotopic (exact) mass is 186 g/mol. The molecule has 0 bridgehead atoms. The van der Waals surface area contributed by atoms with Gasteiger partial charge in [-0.1, -0.05) is 25.6 Å². The first-order valence-corrected chi connectivity index (χ1v) is 5.17. The van der Waals surface area contributed by atoms with Gasteiger partial charge in [0.05, 0.1) is 4.99 Å². The Balaban J connectivity index is 2.41. The van der Waals surface area contributed by atoms with Crippen molar-refractivity contribution >= 4 is 17.2 Å². The van der Waals surface area contributed by atoms with Gasteiger partial charge in [0.25, 0.3) is 0 Å². The van der Waals surface area contributed by atoms with E-state index in [-0.39, 0.29) is 0 Å². The Morgan fingerprint density at radius 1 is 1.58 bits per heavy atom. The van der Waals surface area contributed by atoms with E-state index in [1.54, 1.807) is 0 Å². The molecule has 0 amide bonds. The fraction of sp³-hybridized carbons (Fsp3) is 0.889. The zero-order chi connectivity index (χ0) is 8.97. The van der Waals surface area contributed by atoms with Crippen molar-refractivity contribution in [3.05, 3.63) is 0 Å². The molecule has 0 aliphatic carbocycles. The number of piperidine rings is 1. The average molecular weight is 186 g/mol. The van der Waals surface area contributed by atoms with E-state index < -0.39 is 0 Å². The second-order valence-corrected chi connectivity index (χ2v) is 4.02. The Labute approximate surface area is 80.1 Å². The molecule has 1 aliphatic rings. The van der Waals surface area contributed by atoms with E-state index in [4.69, 9.17) is 18.0 Å².